The first-order valence-corrected chi connectivity index (χ1v) is 12.6. The average molecular weight is 513 g/mol. The average Bonchev–Trinajstić information content (AvgIpc) is 3.13. The molecule has 0 aliphatic carbocycles. The highest BCUT2D eigenvalue weighted by atomic mass is 32.2. The largest absolute Gasteiger partial charge is 0.326 e. The summed E-state index contributed by atoms with van der Waals surface area (Å²) in [4.78, 5) is 36.7. The van der Waals surface area contributed by atoms with E-state index in [1.54, 1.807) is 47.5 Å². The number of nitrogens with one attached hydrogen (secondary N) is 1. The minimum atomic E-state index is -2.50. The summed E-state index contributed by atoms with van der Waals surface area (Å²) in [5, 5.41) is 2.67. The number of rotatable bonds is 9. The van der Waals surface area contributed by atoms with Gasteiger partial charge in [0.2, 0.25) is 11.8 Å². The summed E-state index contributed by atoms with van der Waals surface area (Å²) >= 11 is 1.69. The van der Waals surface area contributed by atoms with Gasteiger partial charge in [-0.15, -0.1) is 0 Å². The molecule has 0 radical (unpaired) electrons. The molecule has 6 nitrogen and oxygen atoms in total. The maximum absolute atomic E-state index is 13.2. The quantitative estimate of drug-likeness (QED) is 0.378. The van der Waals surface area contributed by atoms with Crippen LogP contribution in [-0.2, 0) is 16.0 Å². The smallest absolute Gasteiger partial charge is 0.288 e. The molecule has 1 aromatic heterocycles. The summed E-state index contributed by atoms with van der Waals surface area (Å²) in [5.41, 5.74) is 2.04. The van der Waals surface area contributed by atoms with Crippen LogP contribution in [0.3, 0.4) is 0 Å². The maximum atomic E-state index is 13.2. The number of nitrogens with zero attached hydrogens (tertiary/aromatic N) is 3. The number of hydrogen-bond donors (Lipinski definition) is 1. The van der Waals surface area contributed by atoms with Gasteiger partial charge in [0.25, 0.3) is 5.76 Å². The fourth-order valence-corrected chi connectivity index (χ4v) is 5.10. The van der Waals surface area contributed by atoms with Crippen molar-refractivity contribution in [2.45, 2.75) is 28.7 Å². The minimum Gasteiger partial charge on any atom is -0.326 e. The molecule has 1 atom stereocenters. The number of para-hydroxylation sites is 1. The molecular weight excluding hydrogens is 490 g/mol. The van der Waals surface area contributed by atoms with Crippen molar-refractivity contribution in [2.75, 3.05) is 11.9 Å². The monoisotopic (exact) mass is 512 g/mol. The molecule has 0 bridgehead atoms. The van der Waals surface area contributed by atoms with Gasteiger partial charge < -0.3 is 5.32 Å². The number of aromatic nitrogens is 1. The van der Waals surface area contributed by atoms with Crippen LogP contribution >= 0.6 is 23.5 Å². The van der Waals surface area contributed by atoms with Gasteiger partial charge >= 0.3 is 0 Å². The number of halogens is 2. The molecule has 0 unspecified atom stereocenters. The number of pyridine rings is 1. The van der Waals surface area contributed by atoms with Crippen molar-refractivity contribution < 1.29 is 18.4 Å². The summed E-state index contributed by atoms with van der Waals surface area (Å²) in [6, 6.07) is 21.1. The lowest BCUT2D eigenvalue weighted by Crippen LogP contribution is -2.35. The van der Waals surface area contributed by atoms with Gasteiger partial charge in [0.1, 0.15) is 5.25 Å². The first-order valence-electron chi connectivity index (χ1n) is 10.8. The second kappa shape index (κ2) is 11.9. The van der Waals surface area contributed by atoms with E-state index >= 15 is 0 Å². The molecule has 35 heavy (non-hydrogen) atoms. The van der Waals surface area contributed by atoms with Gasteiger partial charge in [-0.1, -0.05) is 47.8 Å². The third-order valence-electron chi connectivity index (χ3n) is 5.05. The number of carbonyl (C=O) groups excluding carboxylic acids is 2. The number of amides is 2. The number of aliphatic imine (C=N–C) groups is 1. The van der Waals surface area contributed by atoms with Crippen molar-refractivity contribution in [3.05, 3.63) is 84.7 Å². The van der Waals surface area contributed by atoms with Crippen LogP contribution < -0.4 is 5.32 Å². The zero-order valence-corrected chi connectivity index (χ0v) is 20.1. The van der Waals surface area contributed by atoms with Gasteiger partial charge in [-0.2, -0.15) is 8.78 Å². The van der Waals surface area contributed by atoms with E-state index in [0.717, 1.165) is 5.69 Å². The fraction of sp³-hybridized carbons (Fsp3) is 0.200. The lowest BCUT2D eigenvalue weighted by molar-refractivity contribution is -0.128. The molecule has 3 aromatic rings. The number of thioether (sulfide) groups is 2. The molecule has 4 rings (SSSR count). The summed E-state index contributed by atoms with van der Waals surface area (Å²) < 4.78 is 25.2. The number of benzene rings is 2. The van der Waals surface area contributed by atoms with Crippen LogP contribution in [0.25, 0.3) is 0 Å². The number of carbonyl (C=O) groups is 2. The molecule has 0 spiro atoms. The molecule has 1 aliphatic rings. The number of hydrogen-bond acceptors (Lipinski definition) is 6. The van der Waals surface area contributed by atoms with Gasteiger partial charge in [0.15, 0.2) is 5.17 Å². The maximum Gasteiger partial charge on any atom is 0.288 e. The summed E-state index contributed by atoms with van der Waals surface area (Å²) in [6.45, 7) is 0.359. The van der Waals surface area contributed by atoms with Crippen molar-refractivity contribution in [2.24, 2.45) is 4.99 Å². The van der Waals surface area contributed by atoms with E-state index in [-0.39, 0.29) is 18.2 Å². The highest BCUT2D eigenvalue weighted by Crippen LogP contribution is 2.33. The molecule has 10 heteroatoms. The van der Waals surface area contributed by atoms with E-state index < -0.39 is 11.0 Å². The summed E-state index contributed by atoms with van der Waals surface area (Å²) in [6.07, 6.45) is 2.22. The van der Waals surface area contributed by atoms with Crippen LogP contribution in [-0.4, -0.2) is 44.4 Å². The topological polar surface area (TPSA) is 74.7 Å². The Hall–Kier alpha value is -3.24. The minimum absolute atomic E-state index is 0.00146. The van der Waals surface area contributed by atoms with Gasteiger partial charge in [0.05, 0.1) is 5.69 Å². The Bertz CT molecular complexity index is 1180. The van der Waals surface area contributed by atoms with Gasteiger partial charge in [0, 0.05) is 41.9 Å². The molecule has 1 aliphatic heterocycles. The Labute approximate surface area is 210 Å². The second-order valence-corrected chi connectivity index (χ2v) is 9.79. The zero-order chi connectivity index (χ0) is 24.6. The van der Waals surface area contributed by atoms with Crippen LogP contribution in [0.4, 0.5) is 20.2 Å². The molecule has 2 aromatic carbocycles. The molecule has 2 heterocycles. The van der Waals surface area contributed by atoms with Crippen molar-refractivity contribution in [1.82, 2.24) is 9.88 Å². The highest BCUT2D eigenvalue weighted by Gasteiger charge is 2.39. The van der Waals surface area contributed by atoms with Crippen molar-refractivity contribution in [3.8, 4) is 0 Å². The van der Waals surface area contributed by atoms with Crippen LogP contribution in [0, 0.1) is 0 Å². The molecule has 1 fully saturated rings. The lowest BCUT2D eigenvalue weighted by Gasteiger charge is -2.16. The third-order valence-corrected chi connectivity index (χ3v) is 6.95. The van der Waals surface area contributed by atoms with Crippen molar-refractivity contribution in [3.63, 3.8) is 0 Å². The highest BCUT2D eigenvalue weighted by molar-refractivity contribution is 8.15. The SMILES string of the molecule is O=C(C[C@H]1SC(=Nc2ccc(SC(F)F)cc2)N(CCc2ccccn2)C1=O)Nc1ccccc1. The fourth-order valence-electron chi connectivity index (χ4n) is 3.42. The predicted molar refractivity (Wildman–Crippen MR) is 136 cm³/mol. The van der Waals surface area contributed by atoms with E-state index in [0.29, 0.717) is 46.2 Å². The Kier molecular flexibility index (Phi) is 8.49. The molecule has 180 valence electrons. The first-order chi connectivity index (χ1) is 17.0. The number of alkyl halides is 2. The van der Waals surface area contributed by atoms with Gasteiger partial charge in [-0.05, 0) is 48.5 Å². The molecule has 2 amide bonds. The zero-order valence-electron chi connectivity index (χ0n) is 18.5. The van der Waals surface area contributed by atoms with Crippen molar-refractivity contribution in [1.29, 1.82) is 0 Å². The van der Waals surface area contributed by atoms with E-state index in [9.17, 15) is 18.4 Å². The Morgan fingerprint density at radius 3 is 2.51 bits per heavy atom. The molecule has 0 saturated carbocycles. The summed E-state index contributed by atoms with van der Waals surface area (Å²) in [7, 11) is 0. The Morgan fingerprint density at radius 2 is 1.83 bits per heavy atom. The van der Waals surface area contributed by atoms with Crippen molar-refractivity contribution >= 4 is 51.9 Å². The standard InChI is InChI=1S/C25H22F2N4O2S2/c26-24(27)34-20-11-9-19(10-12-20)30-25-31(15-13-17-6-4-5-14-28-17)23(33)21(35-25)16-22(32)29-18-7-2-1-3-8-18/h1-12,14,21,24H,13,15-16H2,(H,29,32)/t21-/m1/s1. The van der Waals surface area contributed by atoms with E-state index in [1.807, 2.05) is 36.4 Å². The van der Waals surface area contributed by atoms with Gasteiger partial charge in [-0.3, -0.25) is 19.5 Å². The Morgan fingerprint density at radius 1 is 1.09 bits per heavy atom. The third kappa shape index (κ3) is 7.12. The molecule has 1 saturated heterocycles. The normalized spacial score (nSPS) is 16.8. The van der Waals surface area contributed by atoms with E-state index in [2.05, 4.69) is 15.3 Å². The second-order valence-electron chi connectivity index (χ2n) is 7.55. The molecular formula is C25H22F2N4O2S2. The van der Waals surface area contributed by atoms with Crippen LogP contribution in [0.5, 0.6) is 0 Å². The Balaban J connectivity index is 1.50. The first kappa shape index (κ1) is 24.9. The van der Waals surface area contributed by atoms with E-state index in [4.69, 9.17) is 0 Å². The van der Waals surface area contributed by atoms with Crippen LogP contribution in [0.2, 0.25) is 0 Å². The molecule has 1 N–H and O–H groups in total. The van der Waals surface area contributed by atoms with Crippen LogP contribution in [0.1, 0.15) is 12.1 Å². The number of anilines is 1. The van der Waals surface area contributed by atoms with Crippen LogP contribution in [0.15, 0.2) is 88.9 Å². The predicted octanol–water partition coefficient (Wildman–Crippen LogP) is 5.60. The summed E-state index contributed by atoms with van der Waals surface area (Å²) in [5.74, 6) is -2.96. The van der Waals surface area contributed by atoms with E-state index in [1.165, 1.54) is 11.8 Å². The lowest BCUT2D eigenvalue weighted by atomic mass is 10.2. The van der Waals surface area contributed by atoms with Gasteiger partial charge in [-0.25, -0.2) is 4.99 Å². The number of amidine groups is 1.